The van der Waals surface area contributed by atoms with Crippen LogP contribution >= 0.6 is 0 Å². The Balaban J connectivity index is 3.31. The SMILES string of the molecule is COC(=O)c1ccc([N+](=O)[O-])c(N(CCO)CC(F)F)n1. The number of aromatic nitrogens is 1. The summed E-state index contributed by atoms with van der Waals surface area (Å²) in [4.78, 5) is 26.1. The standard InChI is InChI=1S/C11H13F2N3O5/c1-21-11(18)7-2-3-8(16(19)20)10(14-7)15(4-5-17)6-9(12)13/h2-3,9,17H,4-6H2,1H3. The number of hydrogen-bond acceptors (Lipinski definition) is 7. The summed E-state index contributed by atoms with van der Waals surface area (Å²) in [6, 6.07) is 2.04. The van der Waals surface area contributed by atoms with Crippen LogP contribution in [0.2, 0.25) is 0 Å². The molecule has 1 N–H and O–H groups in total. The predicted octanol–water partition coefficient (Wildman–Crippen LogP) is 0.840. The Labute approximate surface area is 118 Å². The third-order valence-corrected chi connectivity index (χ3v) is 2.47. The van der Waals surface area contributed by atoms with E-state index in [0.29, 0.717) is 0 Å². The van der Waals surface area contributed by atoms with Crippen molar-refractivity contribution >= 4 is 17.5 Å². The fourth-order valence-corrected chi connectivity index (χ4v) is 1.61. The Hall–Kier alpha value is -2.36. The normalized spacial score (nSPS) is 10.5. The van der Waals surface area contributed by atoms with Gasteiger partial charge >= 0.3 is 11.7 Å². The number of aliphatic hydroxyl groups excluding tert-OH is 1. The molecule has 0 aliphatic rings. The number of hydrogen-bond donors (Lipinski definition) is 1. The molecule has 21 heavy (non-hydrogen) atoms. The molecule has 0 radical (unpaired) electrons. The van der Waals surface area contributed by atoms with Gasteiger partial charge in [-0.1, -0.05) is 0 Å². The number of alkyl halides is 2. The lowest BCUT2D eigenvalue weighted by atomic mass is 10.3. The van der Waals surface area contributed by atoms with Crippen LogP contribution in [0.1, 0.15) is 10.5 Å². The van der Waals surface area contributed by atoms with Crippen molar-refractivity contribution in [2.75, 3.05) is 31.7 Å². The smallest absolute Gasteiger partial charge is 0.356 e. The summed E-state index contributed by atoms with van der Waals surface area (Å²) in [7, 11) is 1.09. The highest BCUT2D eigenvalue weighted by atomic mass is 19.3. The Morgan fingerprint density at radius 3 is 2.71 bits per heavy atom. The number of nitro groups is 1. The Morgan fingerprint density at radius 2 is 2.24 bits per heavy atom. The first kappa shape index (κ1) is 16.7. The Bertz CT molecular complexity index is 527. The van der Waals surface area contributed by atoms with Crippen LogP contribution in [-0.2, 0) is 4.74 Å². The van der Waals surface area contributed by atoms with Crippen LogP contribution in [0.15, 0.2) is 12.1 Å². The van der Waals surface area contributed by atoms with Crippen LogP contribution in [0.3, 0.4) is 0 Å². The summed E-state index contributed by atoms with van der Waals surface area (Å²) >= 11 is 0. The van der Waals surface area contributed by atoms with Gasteiger partial charge < -0.3 is 14.7 Å². The second kappa shape index (κ2) is 7.43. The number of ether oxygens (including phenoxy) is 1. The van der Waals surface area contributed by atoms with Crippen LogP contribution in [-0.4, -0.2) is 54.2 Å². The van der Waals surface area contributed by atoms with Crippen molar-refractivity contribution in [1.82, 2.24) is 4.98 Å². The van der Waals surface area contributed by atoms with E-state index in [2.05, 4.69) is 9.72 Å². The van der Waals surface area contributed by atoms with Crippen molar-refractivity contribution in [1.29, 1.82) is 0 Å². The molecule has 0 bridgehead atoms. The predicted molar refractivity (Wildman–Crippen MR) is 67.5 cm³/mol. The summed E-state index contributed by atoms with van der Waals surface area (Å²) in [6.07, 6.45) is -2.79. The molecule has 0 spiro atoms. The number of rotatable bonds is 7. The first-order chi connectivity index (χ1) is 9.90. The number of anilines is 1. The molecule has 116 valence electrons. The van der Waals surface area contributed by atoms with Gasteiger partial charge in [0, 0.05) is 12.6 Å². The Kier molecular flexibility index (Phi) is 5.91. The molecular formula is C11H13F2N3O5. The lowest BCUT2D eigenvalue weighted by Crippen LogP contribution is -2.33. The van der Waals surface area contributed by atoms with Gasteiger partial charge in [0.25, 0.3) is 6.43 Å². The number of methoxy groups -OCH3 is 1. The fraction of sp³-hybridized carbons (Fsp3) is 0.455. The van der Waals surface area contributed by atoms with E-state index in [0.717, 1.165) is 24.1 Å². The third-order valence-electron chi connectivity index (χ3n) is 2.47. The van der Waals surface area contributed by atoms with Gasteiger partial charge in [0.2, 0.25) is 5.82 Å². The molecule has 0 saturated heterocycles. The van der Waals surface area contributed by atoms with E-state index in [1.165, 1.54) is 0 Å². The Morgan fingerprint density at radius 1 is 1.57 bits per heavy atom. The zero-order valence-electron chi connectivity index (χ0n) is 11.0. The first-order valence-corrected chi connectivity index (χ1v) is 5.78. The van der Waals surface area contributed by atoms with Crippen molar-refractivity contribution in [2.45, 2.75) is 6.43 Å². The van der Waals surface area contributed by atoms with Gasteiger partial charge in [0.1, 0.15) is 0 Å². The molecule has 0 atom stereocenters. The largest absolute Gasteiger partial charge is 0.464 e. The molecule has 0 fully saturated rings. The molecule has 1 aromatic heterocycles. The maximum atomic E-state index is 12.5. The van der Waals surface area contributed by atoms with Crippen LogP contribution < -0.4 is 4.90 Å². The van der Waals surface area contributed by atoms with E-state index >= 15 is 0 Å². The highest BCUT2D eigenvalue weighted by Crippen LogP contribution is 2.26. The third kappa shape index (κ3) is 4.31. The van der Waals surface area contributed by atoms with Gasteiger partial charge in [0.15, 0.2) is 5.69 Å². The van der Waals surface area contributed by atoms with E-state index < -0.39 is 42.0 Å². The van der Waals surface area contributed by atoms with E-state index in [1.807, 2.05) is 0 Å². The van der Waals surface area contributed by atoms with Crippen molar-refractivity contribution < 1.29 is 28.3 Å². The lowest BCUT2D eigenvalue weighted by Gasteiger charge is -2.22. The van der Waals surface area contributed by atoms with Gasteiger partial charge in [-0.3, -0.25) is 10.1 Å². The van der Waals surface area contributed by atoms with Crippen molar-refractivity contribution in [2.24, 2.45) is 0 Å². The zero-order chi connectivity index (χ0) is 16.0. The van der Waals surface area contributed by atoms with Crippen molar-refractivity contribution in [3.63, 3.8) is 0 Å². The number of esters is 1. The number of nitrogens with zero attached hydrogens (tertiary/aromatic N) is 3. The monoisotopic (exact) mass is 305 g/mol. The average molecular weight is 305 g/mol. The van der Waals surface area contributed by atoms with Gasteiger partial charge in [-0.25, -0.2) is 18.6 Å². The molecular weight excluding hydrogens is 292 g/mol. The van der Waals surface area contributed by atoms with Crippen molar-refractivity contribution in [3.05, 3.63) is 27.9 Å². The van der Waals surface area contributed by atoms with E-state index in [1.54, 1.807) is 0 Å². The minimum absolute atomic E-state index is 0.254. The molecule has 8 nitrogen and oxygen atoms in total. The van der Waals surface area contributed by atoms with Gasteiger partial charge in [-0.05, 0) is 6.07 Å². The van der Waals surface area contributed by atoms with E-state index in [9.17, 15) is 23.7 Å². The second-order valence-corrected chi connectivity index (χ2v) is 3.85. The zero-order valence-corrected chi connectivity index (χ0v) is 11.0. The quantitative estimate of drug-likeness (QED) is 0.452. The average Bonchev–Trinajstić information content (AvgIpc) is 2.44. The van der Waals surface area contributed by atoms with Gasteiger partial charge in [-0.15, -0.1) is 0 Å². The maximum absolute atomic E-state index is 12.5. The van der Waals surface area contributed by atoms with Crippen molar-refractivity contribution in [3.8, 4) is 0 Å². The molecule has 1 rings (SSSR count). The molecule has 1 heterocycles. The molecule has 0 aliphatic heterocycles. The van der Waals surface area contributed by atoms with Crippen LogP contribution in [0, 0.1) is 10.1 Å². The number of pyridine rings is 1. The summed E-state index contributed by atoms with van der Waals surface area (Å²) in [5.41, 5.74) is -0.799. The second-order valence-electron chi connectivity index (χ2n) is 3.85. The summed E-state index contributed by atoms with van der Waals surface area (Å²) < 4.78 is 29.5. The number of carbonyl (C=O) groups is 1. The maximum Gasteiger partial charge on any atom is 0.356 e. The molecule has 1 aromatic rings. The van der Waals surface area contributed by atoms with E-state index in [-0.39, 0.29) is 12.2 Å². The molecule has 0 aliphatic carbocycles. The van der Waals surface area contributed by atoms with Gasteiger partial charge in [0.05, 0.1) is 25.2 Å². The number of halogens is 2. The van der Waals surface area contributed by atoms with E-state index in [4.69, 9.17) is 5.11 Å². The number of carbonyl (C=O) groups excluding carboxylic acids is 1. The highest BCUT2D eigenvalue weighted by Gasteiger charge is 2.25. The van der Waals surface area contributed by atoms with Crippen LogP contribution in [0.4, 0.5) is 20.3 Å². The molecule has 0 saturated carbocycles. The van der Waals surface area contributed by atoms with Crippen LogP contribution in [0.25, 0.3) is 0 Å². The van der Waals surface area contributed by atoms with Gasteiger partial charge in [-0.2, -0.15) is 0 Å². The fourth-order valence-electron chi connectivity index (χ4n) is 1.61. The molecule has 0 aromatic carbocycles. The minimum Gasteiger partial charge on any atom is -0.464 e. The topological polar surface area (TPSA) is 106 Å². The van der Waals surface area contributed by atoms with Crippen LogP contribution in [0.5, 0.6) is 0 Å². The lowest BCUT2D eigenvalue weighted by molar-refractivity contribution is -0.384. The first-order valence-electron chi connectivity index (χ1n) is 5.78. The minimum atomic E-state index is -2.79. The molecule has 10 heteroatoms. The highest BCUT2D eigenvalue weighted by molar-refractivity contribution is 5.88. The summed E-state index contributed by atoms with van der Waals surface area (Å²) in [6.45, 7) is -1.66. The number of aliphatic hydroxyl groups is 1. The molecule has 0 unspecified atom stereocenters. The molecule has 0 amide bonds. The summed E-state index contributed by atoms with van der Waals surface area (Å²) in [5, 5.41) is 19.8. The summed E-state index contributed by atoms with van der Waals surface area (Å²) in [5.74, 6) is -1.27.